The van der Waals surface area contributed by atoms with E-state index in [4.69, 9.17) is 11.6 Å². The summed E-state index contributed by atoms with van der Waals surface area (Å²) in [4.78, 5) is 14.9. The van der Waals surface area contributed by atoms with Crippen LogP contribution in [0.4, 0.5) is 11.4 Å². The second-order valence-electron chi connectivity index (χ2n) is 6.99. The van der Waals surface area contributed by atoms with Crippen molar-refractivity contribution in [3.63, 3.8) is 0 Å². The Kier molecular flexibility index (Phi) is 4.86. The number of nitrogens with zero attached hydrogens (tertiary/aromatic N) is 3. The number of rotatable bonds is 4. The Morgan fingerprint density at radius 3 is 2.70 bits per heavy atom. The summed E-state index contributed by atoms with van der Waals surface area (Å²) in [6.45, 7) is 4.46. The van der Waals surface area contributed by atoms with Gasteiger partial charge in [-0.15, -0.1) is 0 Å². The van der Waals surface area contributed by atoms with Gasteiger partial charge in [0.05, 0.1) is 17.4 Å². The van der Waals surface area contributed by atoms with Gasteiger partial charge in [-0.2, -0.15) is 5.10 Å². The summed E-state index contributed by atoms with van der Waals surface area (Å²) in [5, 5.41) is 7.80. The van der Waals surface area contributed by atoms with Gasteiger partial charge in [-0.05, 0) is 54.8 Å². The van der Waals surface area contributed by atoms with Crippen molar-refractivity contribution >= 4 is 28.9 Å². The third-order valence-electron chi connectivity index (χ3n) is 4.83. The number of carbonyl (C=O) groups is 1. The molecule has 1 aliphatic rings. The number of anilines is 2. The number of amides is 1. The first-order valence-electron chi connectivity index (χ1n) is 9.05. The predicted molar refractivity (Wildman–Crippen MR) is 109 cm³/mol. The fourth-order valence-electron chi connectivity index (χ4n) is 3.33. The van der Waals surface area contributed by atoms with Crippen molar-refractivity contribution in [1.29, 1.82) is 0 Å². The molecule has 138 valence electrons. The first-order valence-corrected chi connectivity index (χ1v) is 9.43. The van der Waals surface area contributed by atoms with Gasteiger partial charge in [0.25, 0.3) is 5.91 Å². The van der Waals surface area contributed by atoms with Gasteiger partial charge in [0.2, 0.25) is 0 Å². The minimum Gasteiger partial charge on any atom is -0.371 e. The number of benzene rings is 2. The van der Waals surface area contributed by atoms with E-state index < -0.39 is 0 Å². The maximum Gasteiger partial charge on any atom is 0.258 e. The van der Waals surface area contributed by atoms with Gasteiger partial charge < -0.3 is 10.2 Å². The fraction of sp³-hybridized carbons (Fsp3) is 0.238. The van der Waals surface area contributed by atoms with E-state index in [1.165, 1.54) is 12.1 Å². The van der Waals surface area contributed by atoms with Gasteiger partial charge in [-0.1, -0.05) is 24.6 Å². The van der Waals surface area contributed by atoms with Gasteiger partial charge in [-0.25, -0.2) is 4.68 Å². The molecular weight excluding hydrogens is 360 g/mol. The van der Waals surface area contributed by atoms with Crippen LogP contribution in [0.5, 0.6) is 0 Å². The smallest absolute Gasteiger partial charge is 0.258 e. The highest BCUT2D eigenvalue weighted by molar-refractivity contribution is 6.30. The van der Waals surface area contributed by atoms with Gasteiger partial charge >= 0.3 is 0 Å². The van der Waals surface area contributed by atoms with Crippen LogP contribution >= 0.6 is 11.6 Å². The van der Waals surface area contributed by atoms with Crippen LogP contribution in [0.3, 0.4) is 0 Å². The molecule has 3 aromatic rings. The van der Waals surface area contributed by atoms with Crippen LogP contribution in [0.15, 0.2) is 60.9 Å². The van der Waals surface area contributed by atoms with E-state index in [9.17, 15) is 4.79 Å². The molecule has 0 saturated carbocycles. The Hall–Kier alpha value is -2.79. The molecule has 6 heteroatoms. The van der Waals surface area contributed by atoms with E-state index in [2.05, 4.69) is 34.4 Å². The number of aromatic nitrogens is 2. The van der Waals surface area contributed by atoms with Crippen LogP contribution in [0, 0.1) is 5.92 Å². The van der Waals surface area contributed by atoms with Crippen LogP contribution in [-0.2, 0) is 0 Å². The lowest BCUT2D eigenvalue weighted by molar-refractivity contribution is 0.102. The molecule has 1 atom stereocenters. The summed E-state index contributed by atoms with van der Waals surface area (Å²) >= 11 is 6.02. The largest absolute Gasteiger partial charge is 0.371 e. The monoisotopic (exact) mass is 380 g/mol. The molecule has 0 spiro atoms. The van der Waals surface area contributed by atoms with Crippen molar-refractivity contribution < 1.29 is 4.79 Å². The van der Waals surface area contributed by atoms with Crippen molar-refractivity contribution in [3.8, 4) is 5.69 Å². The third-order valence-corrected chi connectivity index (χ3v) is 5.07. The highest BCUT2D eigenvalue weighted by Crippen LogP contribution is 2.25. The summed E-state index contributed by atoms with van der Waals surface area (Å²) < 4.78 is 1.64. The average Bonchev–Trinajstić information content (AvgIpc) is 3.32. The Bertz CT molecular complexity index is 951. The molecule has 2 heterocycles. The molecule has 1 aliphatic heterocycles. The van der Waals surface area contributed by atoms with Crippen LogP contribution < -0.4 is 10.2 Å². The lowest BCUT2D eigenvalue weighted by atomic mass is 10.2. The highest BCUT2D eigenvalue weighted by atomic mass is 35.5. The zero-order valence-electron chi connectivity index (χ0n) is 15.1. The summed E-state index contributed by atoms with van der Waals surface area (Å²) in [6.07, 6.45) is 4.48. The quantitative estimate of drug-likeness (QED) is 0.718. The van der Waals surface area contributed by atoms with Crippen molar-refractivity contribution in [2.45, 2.75) is 13.3 Å². The first-order chi connectivity index (χ1) is 13.1. The van der Waals surface area contributed by atoms with Gasteiger partial charge in [0.15, 0.2) is 0 Å². The Morgan fingerprint density at radius 2 is 2.00 bits per heavy atom. The standard InChI is InChI=1S/C21H21ClN4O/c1-15-9-10-25(13-15)19-7-5-18(6-8-19)24-21(27)16-12-23-26(14-16)20-4-2-3-17(22)11-20/h2-8,11-12,14-15H,9-10,13H2,1H3,(H,24,27). The van der Waals surface area contributed by atoms with Gasteiger partial charge in [0, 0.05) is 35.7 Å². The molecule has 1 aromatic heterocycles. The molecule has 1 amide bonds. The molecule has 0 bridgehead atoms. The fourth-order valence-corrected chi connectivity index (χ4v) is 3.51. The summed E-state index contributed by atoms with van der Waals surface area (Å²) in [7, 11) is 0. The number of hydrogen-bond donors (Lipinski definition) is 1. The van der Waals surface area contributed by atoms with E-state index in [0.29, 0.717) is 10.6 Å². The Morgan fingerprint density at radius 1 is 1.19 bits per heavy atom. The normalized spacial score (nSPS) is 16.5. The highest BCUT2D eigenvalue weighted by Gasteiger charge is 2.18. The number of nitrogens with one attached hydrogen (secondary N) is 1. The summed E-state index contributed by atoms with van der Waals surface area (Å²) in [5.74, 6) is 0.547. The Balaban J connectivity index is 1.43. The van der Waals surface area contributed by atoms with E-state index in [1.54, 1.807) is 29.2 Å². The number of halogens is 1. The van der Waals surface area contributed by atoms with E-state index >= 15 is 0 Å². The summed E-state index contributed by atoms with van der Waals surface area (Å²) in [5.41, 5.74) is 3.27. The van der Waals surface area contributed by atoms with Crippen LogP contribution in [0.25, 0.3) is 5.69 Å². The van der Waals surface area contributed by atoms with Crippen molar-refractivity contribution in [2.75, 3.05) is 23.3 Å². The van der Waals surface area contributed by atoms with E-state index in [1.807, 2.05) is 24.3 Å². The van der Waals surface area contributed by atoms with Crippen LogP contribution in [0.2, 0.25) is 5.02 Å². The molecule has 1 N–H and O–H groups in total. The van der Waals surface area contributed by atoms with Crippen molar-refractivity contribution in [3.05, 3.63) is 71.5 Å². The molecule has 27 heavy (non-hydrogen) atoms. The topological polar surface area (TPSA) is 50.2 Å². The SMILES string of the molecule is CC1CCN(c2ccc(NC(=O)c3cnn(-c4cccc(Cl)c4)c3)cc2)C1. The molecule has 4 rings (SSSR count). The molecule has 2 aromatic carbocycles. The van der Waals surface area contributed by atoms with E-state index in [-0.39, 0.29) is 5.91 Å². The van der Waals surface area contributed by atoms with Crippen molar-refractivity contribution in [2.24, 2.45) is 5.92 Å². The second kappa shape index (κ2) is 7.45. The summed E-state index contributed by atoms with van der Waals surface area (Å²) in [6, 6.07) is 15.3. The molecule has 5 nitrogen and oxygen atoms in total. The maximum atomic E-state index is 12.5. The van der Waals surface area contributed by atoms with Gasteiger partial charge in [-0.3, -0.25) is 4.79 Å². The van der Waals surface area contributed by atoms with Crippen LogP contribution in [-0.4, -0.2) is 28.8 Å². The molecule has 0 aliphatic carbocycles. The number of hydrogen-bond acceptors (Lipinski definition) is 3. The third kappa shape index (κ3) is 3.98. The minimum absolute atomic E-state index is 0.189. The Labute approximate surface area is 163 Å². The predicted octanol–water partition coefficient (Wildman–Crippen LogP) is 4.62. The van der Waals surface area contributed by atoms with Crippen molar-refractivity contribution in [1.82, 2.24) is 9.78 Å². The molecule has 1 fully saturated rings. The lowest BCUT2D eigenvalue weighted by Crippen LogP contribution is -2.19. The zero-order chi connectivity index (χ0) is 18.8. The average molecular weight is 381 g/mol. The minimum atomic E-state index is -0.189. The lowest BCUT2D eigenvalue weighted by Gasteiger charge is -2.18. The number of carbonyl (C=O) groups excluding carboxylic acids is 1. The molecule has 0 radical (unpaired) electrons. The molecule has 1 unspecified atom stereocenters. The molecular formula is C21H21ClN4O. The maximum absolute atomic E-state index is 12.5. The second-order valence-corrected chi connectivity index (χ2v) is 7.43. The van der Waals surface area contributed by atoms with E-state index in [0.717, 1.165) is 30.4 Å². The molecule has 1 saturated heterocycles. The van der Waals surface area contributed by atoms with Gasteiger partial charge in [0.1, 0.15) is 0 Å². The zero-order valence-corrected chi connectivity index (χ0v) is 15.9. The first kappa shape index (κ1) is 17.6. The van der Waals surface area contributed by atoms with Crippen LogP contribution in [0.1, 0.15) is 23.7 Å².